The number of rotatable bonds is 7. The molecular weight excluding hydrogens is 452 g/mol. The zero-order valence-corrected chi connectivity index (χ0v) is 21.1. The predicted molar refractivity (Wildman–Crippen MR) is 141 cm³/mol. The van der Waals surface area contributed by atoms with Gasteiger partial charge in [0.25, 0.3) is 0 Å². The van der Waals surface area contributed by atoms with Gasteiger partial charge in [0.15, 0.2) is 5.78 Å². The van der Waals surface area contributed by atoms with Gasteiger partial charge in [-0.15, -0.1) is 0 Å². The Bertz CT molecular complexity index is 1390. The topological polar surface area (TPSA) is 87.4 Å². The number of hydrogen-bond donors (Lipinski definition) is 1. The minimum Gasteiger partial charge on any atom is -0.390 e. The number of aromatic nitrogens is 4. The van der Waals surface area contributed by atoms with Crippen LogP contribution in [0.4, 0.5) is 5.82 Å². The number of nitrogens with zero attached hydrogens (tertiary/aromatic N) is 6. The summed E-state index contributed by atoms with van der Waals surface area (Å²) in [5, 5.41) is 16.0. The molecule has 1 saturated heterocycles. The Morgan fingerprint density at radius 3 is 2.64 bits per heavy atom. The SMILES string of the molecule is CN1CCC(N(C)c2cc(C(=O)Cc3cc4cc(-c5cnn(C)c5CO)ccc4cn3)ccn2)CC1. The molecule has 3 aromatic heterocycles. The van der Waals surface area contributed by atoms with Gasteiger partial charge in [-0.05, 0) is 68.2 Å². The van der Waals surface area contributed by atoms with Crippen molar-refractivity contribution < 1.29 is 9.90 Å². The molecule has 0 atom stereocenters. The largest absolute Gasteiger partial charge is 0.390 e. The third kappa shape index (κ3) is 4.87. The van der Waals surface area contributed by atoms with Gasteiger partial charge in [-0.2, -0.15) is 5.10 Å². The number of anilines is 1. The molecule has 0 spiro atoms. The van der Waals surface area contributed by atoms with Crippen LogP contribution in [0.1, 0.15) is 34.6 Å². The van der Waals surface area contributed by atoms with Crippen molar-refractivity contribution in [1.82, 2.24) is 24.6 Å². The highest BCUT2D eigenvalue weighted by Gasteiger charge is 2.22. The Balaban J connectivity index is 1.35. The lowest BCUT2D eigenvalue weighted by atomic mass is 10.0. The number of benzene rings is 1. The van der Waals surface area contributed by atoms with Crippen LogP contribution in [-0.2, 0) is 20.1 Å². The molecule has 8 nitrogen and oxygen atoms in total. The first-order valence-corrected chi connectivity index (χ1v) is 12.3. The molecule has 36 heavy (non-hydrogen) atoms. The van der Waals surface area contributed by atoms with Crippen molar-refractivity contribution in [3.8, 4) is 11.1 Å². The van der Waals surface area contributed by atoms with E-state index in [0.29, 0.717) is 11.6 Å². The number of likely N-dealkylation sites (tertiary alicyclic amines) is 1. The number of ketones is 1. The normalized spacial score (nSPS) is 14.9. The lowest BCUT2D eigenvalue weighted by molar-refractivity contribution is 0.0992. The van der Waals surface area contributed by atoms with Crippen molar-refractivity contribution >= 4 is 22.4 Å². The van der Waals surface area contributed by atoms with Gasteiger partial charge in [0.2, 0.25) is 0 Å². The van der Waals surface area contributed by atoms with E-state index in [4.69, 9.17) is 0 Å². The van der Waals surface area contributed by atoms with E-state index in [0.717, 1.165) is 65.0 Å². The first-order chi connectivity index (χ1) is 17.4. The van der Waals surface area contributed by atoms with E-state index in [1.807, 2.05) is 37.5 Å². The fraction of sp³-hybridized carbons (Fsp3) is 0.357. The highest BCUT2D eigenvalue weighted by molar-refractivity contribution is 5.98. The number of aliphatic hydroxyl groups excluding tert-OH is 1. The van der Waals surface area contributed by atoms with Crippen molar-refractivity contribution in [2.45, 2.75) is 31.9 Å². The maximum Gasteiger partial charge on any atom is 0.169 e. The second-order valence-electron chi connectivity index (χ2n) is 9.67. The Kier molecular flexibility index (Phi) is 6.80. The first kappa shape index (κ1) is 24.1. The second-order valence-corrected chi connectivity index (χ2v) is 9.67. The standard InChI is InChI=1S/C28H32N6O2/c1-32-10-7-24(8-11-32)33(2)28-14-20(6-9-29-28)27(36)15-23-13-22-12-19(4-5-21(22)16-30-23)25-17-31-34(3)26(25)18-35/h4-6,9,12-14,16-17,24,35H,7-8,10-11,15,18H2,1-3H3. The summed E-state index contributed by atoms with van der Waals surface area (Å²) in [6.07, 6.45) is 7.70. The van der Waals surface area contributed by atoms with Gasteiger partial charge in [-0.3, -0.25) is 14.5 Å². The van der Waals surface area contributed by atoms with Gasteiger partial charge in [0.05, 0.1) is 24.9 Å². The van der Waals surface area contributed by atoms with Crippen LogP contribution < -0.4 is 4.90 Å². The maximum absolute atomic E-state index is 13.2. The van der Waals surface area contributed by atoms with Crippen LogP contribution in [0.3, 0.4) is 0 Å². The summed E-state index contributed by atoms with van der Waals surface area (Å²) < 4.78 is 1.68. The maximum atomic E-state index is 13.2. The second kappa shape index (κ2) is 10.2. The number of Topliss-reactive ketones (excluding diaryl/α,β-unsaturated/α-hetero) is 1. The molecule has 5 rings (SSSR count). The van der Waals surface area contributed by atoms with Gasteiger partial charge in [-0.1, -0.05) is 12.1 Å². The monoisotopic (exact) mass is 484 g/mol. The van der Waals surface area contributed by atoms with Crippen LogP contribution in [0, 0.1) is 0 Å². The van der Waals surface area contributed by atoms with E-state index in [-0.39, 0.29) is 18.8 Å². The van der Waals surface area contributed by atoms with Crippen LogP contribution in [0.25, 0.3) is 21.9 Å². The minimum atomic E-state index is -0.0825. The Hall–Kier alpha value is -3.62. The summed E-state index contributed by atoms with van der Waals surface area (Å²) in [7, 11) is 6.04. The Morgan fingerprint density at radius 1 is 1.06 bits per heavy atom. The fourth-order valence-corrected chi connectivity index (χ4v) is 4.96. The average Bonchev–Trinajstić information content (AvgIpc) is 3.28. The third-order valence-electron chi connectivity index (χ3n) is 7.31. The van der Waals surface area contributed by atoms with E-state index in [9.17, 15) is 9.90 Å². The van der Waals surface area contributed by atoms with Gasteiger partial charge in [0.1, 0.15) is 5.82 Å². The number of carbonyl (C=O) groups excluding carboxylic acids is 1. The minimum absolute atomic E-state index is 0.0215. The molecule has 0 amide bonds. The molecule has 0 bridgehead atoms. The van der Waals surface area contributed by atoms with Crippen molar-refractivity contribution in [1.29, 1.82) is 0 Å². The molecule has 0 aliphatic carbocycles. The van der Waals surface area contributed by atoms with Crippen molar-refractivity contribution in [3.05, 3.63) is 71.9 Å². The molecule has 186 valence electrons. The molecule has 1 aliphatic rings. The Morgan fingerprint density at radius 2 is 1.86 bits per heavy atom. The van der Waals surface area contributed by atoms with E-state index >= 15 is 0 Å². The molecule has 1 aliphatic heterocycles. The zero-order chi connectivity index (χ0) is 25.2. The van der Waals surface area contributed by atoms with E-state index in [1.165, 1.54) is 0 Å². The van der Waals surface area contributed by atoms with Crippen molar-refractivity contribution in [2.75, 3.05) is 32.1 Å². The molecule has 4 heterocycles. The molecule has 0 saturated carbocycles. The van der Waals surface area contributed by atoms with E-state index in [1.54, 1.807) is 23.1 Å². The first-order valence-electron chi connectivity index (χ1n) is 12.3. The van der Waals surface area contributed by atoms with Gasteiger partial charge in [-0.25, -0.2) is 4.98 Å². The number of piperidine rings is 1. The molecule has 1 N–H and O–H groups in total. The number of hydrogen-bond acceptors (Lipinski definition) is 7. The lowest BCUT2D eigenvalue weighted by Gasteiger charge is -2.35. The van der Waals surface area contributed by atoms with Crippen LogP contribution in [0.2, 0.25) is 0 Å². The number of aryl methyl sites for hydroxylation is 1. The van der Waals surface area contributed by atoms with Crippen LogP contribution in [-0.4, -0.2) is 68.8 Å². The van der Waals surface area contributed by atoms with Gasteiger partial charge >= 0.3 is 0 Å². The number of fused-ring (bicyclic) bond motifs is 1. The average molecular weight is 485 g/mol. The van der Waals surface area contributed by atoms with Crippen LogP contribution >= 0.6 is 0 Å². The molecule has 0 unspecified atom stereocenters. The summed E-state index contributed by atoms with van der Waals surface area (Å²) in [4.78, 5) is 26.8. The fourth-order valence-electron chi connectivity index (χ4n) is 4.96. The van der Waals surface area contributed by atoms with Crippen molar-refractivity contribution in [2.24, 2.45) is 7.05 Å². The van der Waals surface area contributed by atoms with E-state index in [2.05, 4.69) is 45.0 Å². The number of pyridine rings is 2. The number of aliphatic hydroxyl groups is 1. The molecule has 4 aromatic rings. The summed E-state index contributed by atoms with van der Waals surface area (Å²) in [5.41, 5.74) is 4.00. The predicted octanol–water partition coefficient (Wildman–Crippen LogP) is 3.48. The highest BCUT2D eigenvalue weighted by atomic mass is 16.3. The summed E-state index contributed by atoms with van der Waals surface area (Å²) in [5.74, 6) is 0.857. The van der Waals surface area contributed by atoms with E-state index < -0.39 is 0 Å². The molecule has 0 radical (unpaired) electrons. The number of carbonyl (C=O) groups is 1. The Labute approximate surface area is 211 Å². The van der Waals surface area contributed by atoms with Gasteiger partial charge < -0.3 is 14.9 Å². The highest BCUT2D eigenvalue weighted by Crippen LogP contribution is 2.28. The van der Waals surface area contributed by atoms with Gasteiger partial charge in [0, 0.05) is 54.7 Å². The van der Waals surface area contributed by atoms with Crippen molar-refractivity contribution in [3.63, 3.8) is 0 Å². The summed E-state index contributed by atoms with van der Waals surface area (Å²) in [6, 6.07) is 12.2. The molecular formula is C28H32N6O2. The lowest BCUT2D eigenvalue weighted by Crippen LogP contribution is -2.42. The molecule has 1 fully saturated rings. The van der Waals surface area contributed by atoms with Crippen LogP contribution in [0.5, 0.6) is 0 Å². The molecule has 8 heteroatoms. The quantitative estimate of drug-likeness (QED) is 0.402. The third-order valence-corrected chi connectivity index (χ3v) is 7.31. The van der Waals surface area contributed by atoms with Crippen LogP contribution in [0.15, 0.2) is 55.0 Å². The smallest absolute Gasteiger partial charge is 0.169 e. The summed E-state index contributed by atoms with van der Waals surface area (Å²) >= 11 is 0. The molecule has 1 aromatic carbocycles. The summed E-state index contributed by atoms with van der Waals surface area (Å²) in [6.45, 7) is 2.07. The zero-order valence-electron chi connectivity index (χ0n) is 21.1.